The molecule has 150 valence electrons. The van der Waals surface area contributed by atoms with E-state index in [1.54, 1.807) is 67.6 Å². The first kappa shape index (κ1) is 20.4. The largest absolute Gasteiger partial charge is 0.507 e. The molecule has 30 heavy (non-hydrogen) atoms. The number of aromatic hydroxyl groups is 1. The molecule has 0 atom stereocenters. The zero-order valence-corrected chi connectivity index (χ0v) is 16.2. The van der Waals surface area contributed by atoms with Crippen molar-refractivity contribution >= 4 is 34.0 Å². The lowest BCUT2D eigenvalue weighted by Crippen LogP contribution is -2.14. The van der Waals surface area contributed by atoms with Crippen molar-refractivity contribution in [1.29, 1.82) is 5.26 Å². The van der Waals surface area contributed by atoms with Gasteiger partial charge in [-0.2, -0.15) is 5.26 Å². The summed E-state index contributed by atoms with van der Waals surface area (Å²) < 4.78 is 4.93. The molecular weight excluding hydrogens is 382 g/mol. The molecule has 0 bridgehead atoms. The van der Waals surface area contributed by atoms with Crippen LogP contribution in [0.4, 0.5) is 11.4 Å². The van der Waals surface area contributed by atoms with E-state index in [0.29, 0.717) is 34.3 Å². The Morgan fingerprint density at radius 1 is 1.07 bits per heavy atom. The molecule has 0 aliphatic rings. The third kappa shape index (κ3) is 4.56. The highest BCUT2D eigenvalue weighted by Gasteiger charge is 2.12. The number of carbonyl (C=O) groups is 2. The molecule has 1 amide bonds. The number of fused-ring (bicyclic) bond motifs is 1. The minimum Gasteiger partial charge on any atom is -0.507 e. The van der Waals surface area contributed by atoms with Gasteiger partial charge in [-0.05, 0) is 43.3 Å². The van der Waals surface area contributed by atoms with Crippen LogP contribution in [-0.4, -0.2) is 23.6 Å². The fourth-order valence-electron chi connectivity index (χ4n) is 2.81. The molecular formula is C23H19N3O4. The standard InChI is InChI=1S/C23H19N3O4/c1-2-30-23(29)15-9-11-17(12-10-15)25-14-16(13-24)22(28)26-20-7-3-6-19-18(20)5-4-8-21(19)27/h3-12,14,25,27H,2H2,1H3,(H,26,28)/b16-14-. The minimum absolute atomic E-state index is 0.104. The number of carbonyl (C=O) groups excluding carboxylic acids is 2. The summed E-state index contributed by atoms with van der Waals surface area (Å²) in [6.07, 6.45) is 1.29. The number of nitriles is 1. The van der Waals surface area contributed by atoms with E-state index < -0.39 is 11.9 Å². The second kappa shape index (κ2) is 9.26. The maximum atomic E-state index is 12.5. The lowest BCUT2D eigenvalue weighted by molar-refractivity contribution is -0.112. The Labute approximate surface area is 173 Å². The first-order valence-electron chi connectivity index (χ1n) is 9.19. The van der Waals surface area contributed by atoms with E-state index in [9.17, 15) is 20.0 Å². The molecule has 0 aliphatic heterocycles. The molecule has 3 rings (SSSR count). The van der Waals surface area contributed by atoms with Crippen molar-refractivity contribution in [1.82, 2.24) is 0 Å². The molecule has 0 unspecified atom stereocenters. The Bertz CT molecular complexity index is 1160. The van der Waals surface area contributed by atoms with Gasteiger partial charge in [0.2, 0.25) is 0 Å². The second-order valence-corrected chi connectivity index (χ2v) is 6.24. The average molecular weight is 401 g/mol. The smallest absolute Gasteiger partial charge is 0.338 e. The molecule has 0 spiro atoms. The van der Waals surface area contributed by atoms with Gasteiger partial charge in [0.05, 0.1) is 12.2 Å². The fraction of sp³-hybridized carbons (Fsp3) is 0.0870. The maximum Gasteiger partial charge on any atom is 0.338 e. The summed E-state index contributed by atoms with van der Waals surface area (Å²) in [6.45, 7) is 2.02. The molecule has 0 fully saturated rings. The molecule has 3 aromatic carbocycles. The third-order valence-electron chi connectivity index (χ3n) is 4.29. The molecule has 0 saturated carbocycles. The lowest BCUT2D eigenvalue weighted by Gasteiger charge is -2.09. The van der Waals surface area contributed by atoms with E-state index in [0.717, 1.165) is 0 Å². The van der Waals surface area contributed by atoms with Crippen molar-refractivity contribution in [3.05, 3.63) is 78.0 Å². The van der Waals surface area contributed by atoms with E-state index in [4.69, 9.17) is 4.74 Å². The number of benzene rings is 3. The quantitative estimate of drug-likeness (QED) is 0.325. The molecule has 0 aliphatic carbocycles. The van der Waals surface area contributed by atoms with Gasteiger partial charge in [0.1, 0.15) is 17.4 Å². The summed E-state index contributed by atoms with van der Waals surface area (Å²) in [5.41, 5.74) is 1.34. The highest BCUT2D eigenvalue weighted by Crippen LogP contribution is 2.30. The summed E-state index contributed by atoms with van der Waals surface area (Å²) >= 11 is 0. The van der Waals surface area contributed by atoms with E-state index in [-0.39, 0.29) is 11.3 Å². The van der Waals surface area contributed by atoms with Crippen molar-refractivity contribution in [3.8, 4) is 11.8 Å². The first-order valence-corrected chi connectivity index (χ1v) is 9.19. The number of hydrogen-bond acceptors (Lipinski definition) is 6. The van der Waals surface area contributed by atoms with Gasteiger partial charge >= 0.3 is 5.97 Å². The number of nitrogens with zero attached hydrogens (tertiary/aromatic N) is 1. The molecule has 0 radical (unpaired) electrons. The van der Waals surface area contributed by atoms with Crippen molar-refractivity contribution in [2.45, 2.75) is 6.92 Å². The second-order valence-electron chi connectivity index (χ2n) is 6.24. The SMILES string of the molecule is CCOC(=O)c1ccc(N/C=C(/C#N)C(=O)Nc2cccc3c(O)cccc23)cc1. The summed E-state index contributed by atoms with van der Waals surface area (Å²) in [5, 5.41) is 26.1. The number of phenolic OH excluding ortho intramolecular Hbond substituents is 1. The highest BCUT2D eigenvalue weighted by molar-refractivity contribution is 6.11. The van der Waals surface area contributed by atoms with Crippen molar-refractivity contribution in [2.24, 2.45) is 0 Å². The molecule has 7 nitrogen and oxygen atoms in total. The van der Waals surface area contributed by atoms with Crippen molar-refractivity contribution in [2.75, 3.05) is 17.2 Å². The topological polar surface area (TPSA) is 111 Å². The number of phenols is 1. The van der Waals surface area contributed by atoms with Crippen LogP contribution in [-0.2, 0) is 9.53 Å². The number of rotatable bonds is 6. The minimum atomic E-state index is -0.594. The van der Waals surface area contributed by atoms with Gasteiger partial charge in [-0.3, -0.25) is 4.79 Å². The van der Waals surface area contributed by atoms with Gasteiger partial charge in [0, 0.05) is 28.3 Å². The summed E-state index contributed by atoms with van der Waals surface area (Å²) in [4.78, 5) is 24.2. The Morgan fingerprint density at radius 3 is 2.47 bits per heavy atom. The van der Waals surface area contributed by atoms with Gasteiger partial charge in [0.15, 0.2) is 0 Å². The van der Waals surface area contributed by atoms with Crippen LogP contribution in [0.25, 0.3) is 10.8 Å². The molecule has 7 heteroatoms. The fourth-order valence-corrected chi connectivity index (χ4v) is 2.81. The molecule has 0 aromatic heterocycles. The monoisotopic (exact) mass is 401 g/mol. The first-order chi connectivity index (χ1) is 14.5. The molecule has 3 aromatic rings. The van der Waals surface area contributed by atoms with Crippen molar-refractivity contribution < 1.29 is 19.4 Å². The number of nitrogens with one attached hydrogen (secondary N) is 2. The molecule has 0 saturated heterocycles. The lowest BCUT2D eigenvalue weighted by atomic mass is 10.1. The van der Waals surface area contributed by atoms with Gasteiger partial charge in [-0.15, -0.1) is 0 Å². The maximum absolute atomic E-state index is 12.5. The predicted octanol–water partition coefficient (Wildman–Crippen LogP) is 4.18. The number of hydrogen-bond donors (Lipinski definition) is 3. The van der Waals surface area contributed by atoms with E-state index >= 15 is 0 Å². The van der Waals surface area contributed by atoms with E-state index in [2.05, 4.69) is 10.6 Å². The number of amides is 1. The zero-order valence-electron chi connectivity index (χ0n) is 16.2. The van der Waals surface area contributed by atoms with E-state index in [1.807, 2.05) is 6.07 Å². The van der Waals surface area contributed by atoms with Crippen LogP contribution in [0.3, 0.4) is 0 Å². The summed E-state index contributed by atoms with van der Waals surface area (Å²) in [6, 6.07) is 18.5. The Kier molecular flexibility index (Phi) is 6.30. The van der Waals surface area contributed by atoms with Crippen molar-refractivity contribution in [3.63, 3.8) is 0 Å². The van der Waals surface area contributed by atoms with Gasteiger partial charge in [0.25, 0.3) is 5.91 Å². The van der Waals surface area contributed by atoms with Gasteiger partial charge in [-0.1, -0.05) is 24.3 Å². The number of anilines is 2. The number of esters is 1. The number of ether oxygens (including phenoxy) is 1. The van der Waals surface area contributed by atoms with Crippen LogP contribution >= 0.6 is 0 Å². The third-order valence-corrected chi connectivity index (χ3v) is 4.29. The van der Waals surface area contributed by atoms with Crippen LogP contribution in [0, 0.1) is 11.3 Å². The van der Waals surface area contributed by atoms with Crippen LogP contribution in [0.5, 0.6) is 5.75 Å². The van der Waals surface area contributed by atoms with E-state index in [1.165, 1.54) is 6.20 Å². The predicted molar refractivity (Wildman–Crippen MR) is 114 cm³/mol. The van der Waals surface area contributed by atoms with Crippen LogP contribution in [0.2, 0.25) is 0 Å². The zero-order chi connectivity index (χ0) is 21.5. The molecule has 3 N–H and O–H groups in total. The Hall–Kier alpha value is -4.31. The Balaban J connectivity index is 1.74. The summed E-state index contributed by atoms with van der Waals surface area (Å²) in [7, 11) is 0. The normalized spacial score (nSPS) is 10.9. The van der Waals surface area contributed by atoms with Crippen LogP contribution < -0.4 is 10.6 Å². The van der Waals surface area contributed by atoms with Gasteiger partial charge < -0.3 is 20.5 Å². The average Bonchev–Trinajstić information content (AvgIpc) is 2.75. The molecule has 0 heterocycles. The van der Waals surface area contributed by atoms with Gasteiger partial charge in [-0.25, -0.2) is 4.79 Å². The van der Waals surface area contributed by atoms with Crippen LogP contribution in [0.15, 0.2) is 72.4 Å². The summed E-state index contributed by atoms with van der Waals surface area (Å²) in [5.74, 6) is -0.908. The highest BCUT2D eigenvalue weighted by atomic mass is 16.5. The van der Waals surface area contributed by atoms with Crippen LogP contribution in [0.1, 0.15) is 17.3 Å². The Morgan fingerprint density at radius 2 is 1.77 bits per heavy atom.